The molecule has 1 unspecified atom stereocenters. The lowest BCUT2D eigenvalue weighted by atomic mass is 10.2. The molecule has 17 heavy (non-hydrogen) atoms. The summed E-state index contributed by atoms with van der Waals surface area (Å²) < 4.78 is 6.91. The largest absolute Gasteiger partial charge is 0.461 e. The third-order valence-electron chi connectivity index (χ3n) is 2.80. The molecule has 0 saturated heterocycles. The van der Waals surface area contributed by atoms with Gasteiger partial charge in [0.25, 0.3) is 0 Å². The Morgan fingerprint density at radius 2 is 2.00 bits per heavy atom. The van der Waals surface area contributed by atoms with Gasteiger partial charge in [0.1, 0.15) is 11.5 Å². The minimum absolute atomic E-state index is 0.424. The first-order chi connectivity index (χ1) is 8.20. The molecule has 1 heterocycles. The molecule has 1 aromatic heterocycles. The lowest BCUT2D eigenvalue weighted by Crippen LogP contribution is -2.23. The molecule has 0 fully saturated rings. The third-order valence-corrected chi connectivity index (χ3v) is 3.49. The van der Waals surface area contributed by atoms with Gasteiger partial charge in [0.15, 0.2) is 0 Å². The van der Waals surface area contributed by atoms with E-state index >= 15 is 0 Å². The van der Waals surface area contributed by atoms with Crippen LogP contribution in [0, 0.1) is 0 Å². The van der Waals surface area contributed by atoms with Crippen molar-refractivity contribution < 1.29 is 4.42 Å². The maximum absolute atomic E-state index is 5.85. The molecule has 1 atom stereocenters. The highest BCUT2D eigenvalue weighted by atomic mass is 79.9. The number of likely N-dealkylation sites (N-methyl/N-ethyl adjacent to an activating group) is 1. The molecule has 2 nitrogen and oxygen atoms in total. The molecular formula is C14H16BrNO. The zero-order valence-corrected chi connectivity index (χ0v) is 11.6. The predicted molar refractivity (Wildman–Crippen MR) is 74.1 cm³/mol. The molecule has 0 spiro atoms. The summed E-state index contributed by atoms with van der Waals surface area (Å²) in [5.41, 5.74) is 1.09. The van der Waals surface area contributed by atoms with Crippen molar-refractivity contribution in [1.82, 2.24) is 5.32 Å². The molecule has 3 heteroatoms. The van der Waals surface area contributed by atoms with E-state index in [1.807, 2.05) is 43.4 Å². The molecule has 0 amide bonds. The lowest BCUT2D eigenvalue weighted by molar-refractivity contribution is 0.481. The van der Waals surface area contributed by atoms with Crippen molar-refractivity contribution in [3.05, 3.63) is 46.6 Å². The number of hydrogen-bond acceptors (Lipinski definition) is 2. The van der Waals surface area contributed by atoms with E-state index in [-0.39, 0.29) is 0 Å². The fraction of sp³-hybridized carbons (Fsp3) is 0.286. The smallest absolute Gasteiger partial charge is 0.135 e. The Kier molecular flexibility index (Phi) is 4.02. The van der Waals surface area contributed by atoms with Crippen molar-refractivity contribution in [2.24, 2.45) is 0 Å². The minimum Gasteiger partial charge on any atom is -0.461 e. The number of halogens is 1. The highest BCUT2D eigenvalue weighted by Crippen LogP contribution is 2.29. The van der Waals surface area contributed by atoms with Gasteiger partial charge in [0.2, 0.25) is 0 Å². The highest BCUT2D eigenvalue weighted by Gasteiger charge is 2.09. The number of rotatable bonds is 4. The summed E-state index contributed by atoms with van der Waals surface area (Å²) in [6.07, 6.45) is 0.904. The molecule has 90 valence electrons. The maximum atomic E-state index is 5.85. The van der Waals surface area contributed by atoms with Gasteiger partial charge in [-0.3, -0.25) is 0 Å². The van der Waals surface area contributed by atoms with Gasteiger partial charge < -0.3 is 9.73 Å². The number of benzene rings is 1. The van der Waals surface area contributed by atoms with Crippen LogP contribution in [0.4, 0.5) is 0 Å². The molecule has 0 aliphatic carbocycles. The summed E-state index contributed by atoms with van der Waals surface area (Å²) in [7, 11) is 1.96. The van der Waals surface area contributed by atoms with Gasteiger partial charge in [0, 0.05) is 22.5 Å². The molecule has 1 N–H and O–H groups in total. The second kappa shape index (κ2) is 5.52. The van der Waals surface area contributed by atoms with Crippen molar-refractivity contribution in [2.75, 3.05) is 7.05 Å². The van der Waals surface area contributed by atoms with E-state index in [0.29, 0.717) is 6.04 Å². The van der Waals surface area contributed by atoms with Crippen LogP contribution in [-0.4, -0.2) is 13.1 Å². The van der Waals surface area contributed by atoms with Crippen molar-refractivity contribution >= 4 is 15.9 Å². The number of furan rings is 1. The molecule has 2 aromatic rings. The van der Waals surface area contributed by atoms with Gasteiger partial charge >= 0.3 is 0 Å². The Morgan fingerprint density at radius 1 is 1.24 bits per heavy atom. The minimum atomic E-state index is 0.424. The van der Waals surface area contributed by atoms with E-state index in [9.17, 15) is 0 Å². The zero-order valence-electron chi connectivity index (χ0n) is 10.0. The van der Waals surface area contributed by atoms with E-state index < -0.39 is 0 Å². The van der Waals surface area contributed by atoms with Crippen LogP contribution in [0.15, 0.2) is 45.3 Å². The topological polar surface area (TPSA) is 25.2 Å². The van der Waals surface area contributed by atoms with Crippen LogP contribution in [-0.2, 0) is 6.42 Å². The summed E-state index contributed by atoms with van der Waals surface area (Å²) in [6, 6.07) is 12.6. The fourth-order valence-electron chi connectivity index (χ4n) is 1.70. The van der Waals surface area contributed by atoms with E-state index in [1.165, 1.54) is 0 Å². The first kappa shape index (κ1) is 12.4. The number of nitrogens with one attached hydrogen (secondary N) is 1. The Morgan fingerprint density at radius 3 is 2.71 bits per heavy atom. The molecule has 0 bridgehead atoms. The van der Waals surface area contributed by atoms with Crippen LogP contribution in [0.25, 0.3) is 11.3 Å². The third kappa shape index (κ3) is 2.99. The van der Waals surface area contributed by atoms with E-state index in [2.05, 4.69) is 28.2 Å². The number of hydrogen-bond donors (Lipinski definition) is 1. The lowest BCUT2D eigenvalue weighted by Gasteiger charge is -2.07. The van der Waals surface area contributed by atoms with Crippen LogP contribution in [0.1, 0.15) is 12.7 Å². The van der Waals surface area contributed by atoms with Crippen LogP contribution >= 0.6 is 15.9 Å². The quantitative estimate of drug-likeness (QED) is 0.926. The van der Waals surface area contributed by atoms with Gasteiger partial charge in [-0.2, -0.15) is 0 Å². The van der Waals surface area contributed by atoms with Gasteiger partial charge in [-0.1, -0.05) is 34.1 Å². The molecule has 1 aromatic carbocycles. The van der Waals surface area contributed by atoms with Crippen molar-refractivity contribution in [2.45, 2.75) is 19.4 Å². The van der Waals surface area contributed by atoms with Gasteiger partial charge in [-0.25, -0.2) is 0 Å². The molecule has 2 rings (SSSR count). The van der Waals surface area contributed by atoms with Crippen LogP contribution < -0.4 is 5.32 Å². The standard InChI is InChI=1S/C14H16BrNO/c1-10(16-2)9-11-7-8-14(17-11)12-5-3-4-6-13(12)15/h3-8,10,16H,9H2,1-2H3. The second-order valence-electron chi connectivity index (χ2n) is 4.14. The van der Waals surface area contributed by atoms with Gasteiger partial charge in [-0.15, -0.1) is 0 Å². The normalized spacial score (nSPS) is 12.6. The van der Waals surface area contributed by atoms with E-state index in [1.54, 1.807) is 0 Å². The molecule has 0 aliphatic rings. The fourth-order valence-corrected chi connectivity index (χ4v) is 2.18. The second-order valence-corrected chi connectivity index (χ2v) is 4.99. The van der Waals surface area contributed by atoms with Crippen molar-refractivity contribution in [1.29, 1.82) is 0 Å². The summed E-state index contributed by atoms with van der Waals surface area (Å²) in [5, 5.41) is 3.20. The first-order valence-corrected chi connectivity index (χ1v) is 6.51. The molecule has 0 aliphatic heterocycles. The van der Waals surface area contributed by atoms with Gasteiger partial charge in [-0.05, 0) is 32.2 Å². The van der Waals surface area contributed by atoms with Crippen molar-refractivity contribution in [3.8, 4) is 11.3 Å². The Labute approximate surface area is 110 Å². The average Bonchev–Trinajstić information content (AvgIpc) is 2.78. The van der Waals surface area contributed by atoms with Crippen LogP contribution in [0.2, 0.25) is 0 Å². The van der Waals surface area contributed by atoms with Crippen LogP contribution in [0.5, 0.6) is 0 Å². The summed E-state index contributed by atoms with van der Waals surface area (Å²) >= 11 is 3.53. The van der Waals surface area contributed by atoms with Crippen LogP contribution in [0.3, 0.4) is 0 Å². The van der Waals surface area contributed by atoms with Gasteiger partial charge in [0.05, 0.1) is 0 Å². The first-order valence-electron chi connectivity index (χ1n) is 5.71. The summed E-state index contributed by atoms with van der Waals surface area (Å²) in [5.74, 6) is 1.92. The Bertz CT molecular complexity index is 492. The maximum Gasteiger partial charge on any atom is 0.135 e. The SMILES string of the molecule is CNC(C)Cc1ccc(-c2ccccc2Br)o1. The molecular weight excluding hydrogens is 278 g/mol. The van der Waals surface area contributed by atoms with E-state index in [4.69, 9.17) is 4.42 Å². The zero-order chi connectivity index (χ0) is 12.3. The average molecular weight is 294 g/mol. The van der Waals surface area contributed by atoms with E-state index in [0.717, 1.165) is 28.0 Å². The molecule has 0 saturated carbocycles. The predicted octanol–water partition coefficient (Wildman–Crippen LogP) is 3.86. The molecule has 0 radical (unpaired) electrons. The Balaban J connectivity index is 2.21. The highest BCUT2D eigenvalue weighted by molar-refractivity contribution is 9.10. The Hall–Kier alpha value is -1.06. The summed E-state index contributed by atoms with van der Waals surface area (Å²) in [6.45, 7) is 2.14. The monoisotopic (exact) mass is 293 g/mol. The van der Waals surface area contributed by atoms with Crippen molar-refractivity contribution in [3.63, 3.8) is 0 Å². The summed E-state index contributed by atoms with van der Waals surface area (Å²) in [4.78, 5) is 0.